The van der Waals surface area contributed by atoms with E-state index in [9.17, 15) is 15.0 Å². The monoisotopic (exact) mass is 244 g/mol. The molecule has 100 valence electrons. The number of nitrogens with one attached hydrogen (secondary N) is 1. The third-order valence-electron chi connectivity index (χ3n) is 3.41. The molecule has 1 rings (SSSR count). The number of hydrogen-bond acceptors (Lipinski definition) is 4. The highest BCUT2D eigenvalue weighted by Gasteiger charge is 2.39. The number of aliphatic hydroxyl groups excluding tert-OH is 2. The number of rotatable bonds is 6. The van der Waals surface area contributed by atoms with Crippen molar-refractivity contribution in [1.29, 1.82) is 0 Å². The molecule has 0 aliphatic carbocycles. The molecule has 1 fully saturated rings. The Balaban J connectivity index is 2.49. The standard InChI is InChI=1S/C12H24N2O3/c1-3-4-5-14-7-10(6-13-9(2)16)12(17)11(14)8-15/h10-12,15,17H,3-8H2,1-2H3,(H,13,16). The first kappa shape index (κ1) is 14.4. The topological polar surface area (TPSA) is 72.8 Å². The zero-order valence-corrected chi connectivity index (χ0v) is 10.7. The summed E-state index contributed by atoms with van der Waals surface area (Å²) in [6, 6.07) is -0.180. The molecule has 17 heavy (non-hydrogen) atoms. The Kier molecular flexibility index (Phi) is 5.88. The fourth-order valence-electron chi connectivity index (χ4n) is 2.38. The van der Waals surface area contributed by atoms with Crippen molar-refractivity contribution in [3.8, 4) is 0 Å². The molecule has 1 aliphatic rings. The maximum atomic E-state index is 10.9. The number of hydrogen-bond donors (Lipinski definition) is 3. The van der Waals surface area contributed by atoms with Gasteiger partial charge in [-0.3, -0.25) is 9.69 Å². The summed E-state index contributed by atoms with van der Waals surface area (Å²) in [5, 5.41) is 22.1. The highest BCUT2D eigenvalue weighted by atomic mass is 16.3. The van der Waals surface area contributed by atoms with Crippen LogP contribution in [0.25, 0.3) is 0 Å². The molecular weight excluding hydrogens is 220 g/mol. The summed E-state index contributed by atoms with van der Waals surface area (Å²) in [5.41, 5.74) is 0. The van der Waals surface area contributed by atoms with Gasteiger partial charge >= 0.3 is 0 Å². The molecular formula is C12H24N2O3. The lowest BCUT2D eigenvalue weighted by atomic mass is 10.0. The van der Waals surface area contributed by atoms with Crippen molar-refractivity contribution < 1.29 is 15.0 Å². The highest BCUT2D eigenvalue weighted by molar-refractivity contribution is 5.72. The van der Waals surface area contributed by atoms with Gasteiger partial charge in [-0.25, -0.2) is 0 Å². The molecule has 5 heteroatoms. The van der Waals surface area contributed by atoms with Crippen molar-refractivity contribution in [2.75, 3.05) is 26.2 Å². The Morgan fingerprint density at radius 1 is 1.53 bits per heavy atom. The Hall–Kier alpha value is -0.650. The van der Waals surface area contributed by atoms with Gasteiger partial charge in [0.25, 0.3) is 0 Å². The minimum atomic E-state index is -0.552. The van der Waals surface area contributed by atoms with Crippen molar-refractivity contribution in [1.82, 2.24) is 10.2 Å². The van der Waals surface area contributed by atoms with E-state index in [1.165, 1.54) is 6.92 Å². The molecule has 3 unspecified atom stereocenters. The first-order chi connectivity index (χ1) is 8.10. The first-order valence-electron chi connectivity index (χ1n) is 6.37. The number of amides is 1. The molecule has 1 heterocycles. The molecule has 3 N–H and O–H groups in total. The SMILES string of the molecule is CCCCN1CC(CNC(C)=O)C(O)C1CO. The molecule has 0 bridgehead atoms. The average molecular weight is 244 g/mol. The van der Waals surface area contributed by atoms with Crippen LogP contribution >= 0.6 is 0 Å². The molecule has 0 spiro atoms. The lowest BCUT2D eigenvalue weighted by Crippen LogP contribution is -2.39. The van der Waals surface area contributed by atoms with Crippen LogP contribution < -0.4 is 5.32 Å². The number of likely N-dealkylation sites (tertiary alicyclic amines) is 1. The van der Waals surface area contributed by atoms with E-state index in [0.29, 0.717) is 6.54 Å². The van der Waals surface area contributed by atoms with Gasteiger partial charge in [-0.15, -0.1) is 0 Å². The fraction of sp³-hybridized carbons (Fsp3) is 0.917. The van der Waals surface area contributed by atoms with Gasteiger partial charge in [0.15, 0.2) is 0 Å². The van der Waals surface area contributed by atoms with Crippen molar-refractivity contribution >= 4 is 5.91 Å². The molecule has 0 aromatic heterocycles. The largest absolute Gasteiger partial charge is 0.395 e. The van der Waals surface area contributed by atoms with E-state index in [0.717, 1.165) is 25.9 Å². The summed E-state index contributed by atoms with van der Waals surface area (Å²) in [7, 11) is 0. The maximum Gasteiger partial charge on any atom is 0.216 e. The van der Waals surface area contributed by atoms with Crippen LogP contribution in [0.1, 0.15) is 26.7 Å². The molecule has 1 amide bonds. The summed E-state index contributed by atoms with van der Waals surface area (Å²) in [6.45, 7) is 5.69. The van der Waals surface area contributed by atoms with Gasteiger partial charge in [-0.2, -0.15) is 0 Å². The predicted molar refractivity (Wildman–Crippen MR) is 65.5 cm³/mol. The van der Waals surface area contributed by atoms with Gasteiger partial charge in [-0.1, -0.05) is 13.3 Å². The van der Waals surface area contributed by atoms with Gasteiger partial charge in [0.2, 0.25) is 5.91 Å². The third-order valence-corrected chi connectivity index (χ3v) is 3.41. The summed E-state index contributed by atoms with van der Waals surface area (Å²) >= 11 is 0. The molecule has 0 saturated carbocycles. The Bertz CT molecular complexity index is 248. The Morgan fingerprint density at radius 3 is 2.76 bits per heavy atom. The smallest absolute Gasteiger partial charge is 0.216 e. The quantitative estimate of drug-likeness (QED) is 0.593. The minimum absolute atomic E-state index is 0.0212. The van der Waals surface area contributed by atoms with Crippen molar-refractivity contribution in [2.24, 2.45) is 5.92 Å². The van der Waals surface area contributed by atoms with E-state index in [-0.39, 0.29) is 24.5 Å². The zero-order valence-electron chi connectivity index (χ0n) is 10.7. The van der Waals surface area contributed by atoms with Crippen LogP contribution in [0, 0.1) is 5.92 Å². The van der Waals surface area contributed by atoms with Crippen LogP contribution in [-0.4, -0.2) is 59.4 Å². The average Bonchev–Trinajstić information content (AvgIpc) is 2.60. The molecule has 0 aromatic carbocycles. The second-order valence-electron chi connectivity index (χ2n) is 4.79. The van der Waals surface area contributed by atoms with Crippen molar-refractivity contribution in [2.45, 2.75) is 38.8 Å². The summed E-state index contributed by atoms with van der Waals surface area (Å²) in [4.78, 5) is 13.0. The van der Waals surface area contributed by atoms with Gasteiger partial charge in [0.05, 0.1) is 18.8 Å². The van der Waals surface area contributed by atoms with Crippen LogP contribution in [0.15, 0.2) is 0 Å². The summed E-state index contributed by atoms with van der Waals surface area (Å²) in [6.07, 6.45) is 1.61. The first-order valence-corrected chi connectivity index (χ1v) is 6.37. The van der Waals surface area contributed by atoms with Gasteiger partial charge in [0, 0.05) is 25.9 Å². The van der Waals surface area contributed by atoms with E-state index < -0.39 is 6.10 Å². The van der Waals surface area contributed by atoms with E-state index in [2.05, 4.69) is 17.1 Å². The number of nitrogens with zero attached hydrogens (tertiary/aromatic N) is 1. The highest BCUT2D eigenvalue weighted by Crippen LogP contribution is 2.23. The molecule has 1 aliphatic heterocycles. The third kappa shape index (κ3) is 3.94. The van der Waals surface area contributed by atoms with E-state index in [4.69, 9.17) is 0 Å². The van der Waals surface area contributed by atoms with Crippen LogP contribution in [-0.2, 0) is 4.79 Å². The zero-order chi connectivity index (χ0) is 12.8. The van der Waals surface area contributed by atoms with Gasteiger partial charge < -0.3 is 15.5 Å². The predicted octanol–water partition coefficient (Wildman–Crippen LogP) is -0.424. The maximum absolute atomic E-state index is 10.9. The summed E-state index contributed by atoms with van der Waals surface area (Å²) in [5.74, 6) is -0.0577. The fourth-order valence-corrected chi connectivity index (χ4v) is 2.38. The second kappa shape index (κ2) is 6.93. The summed E-state index contributed by atoms with van der Waals surface area (Å²) < 4.78 is 0. The second-order valence-corrected chi connectivity index (χ2v) is 4.79. The number of aliphatic hydroxyl groups is 2. The lowest BCUT2D eigenvalue weighted by Gasteiger charge is -2.23. The molecule has 0 radical (unpaired) electrons. The van der Waals surface area contributed by atoms with Crippen LogP contribution in [0.5, 0.6) is 0 Å². The minimum Gasteiger partial charge on any atom is -0.395 e. The number of carbonyl (C=O) groups excluding carboxylic acids is 1. The van der Waals surface area contributed by atoms with Crippen LogP contribution in [0.4, 0.5) is 0 Å². The van der Waals surface area contributed by atoms with E-state index in [1.807, 2.05) is 0 Å². The van der Waals surface area contributed by atoms with Crippen LogP contribution in [0.2, 0.25) is 0 Å². The normalized spacial score (nSPS) is 29.5. The lowest BCUT2D eigenvalue weighted by molar-refractivity contribution is -0.119. The molecule has 0 aromatic rings. The number of unbranched alkanes of at least 4 members (excludes halogenated alkanes) is 1. The van der Waals surface area contributed by atoms with Crippen molar-refractivity contribution in [3.05, 3.63) is 0 Å². The number of carbonyl (C=O) groups is 1. The van der Waals surface area contributed by atoms with Gasteiger partial charge in [0.1, 0.15) is 0 Å². The van der Waals surface area contributed by atoms with Crippen molar-refractivity contribution in [3.63, 3.8) is 0 Å². The molecule has 3 atom stereocenters. The van der Waals surface area contributed by atoms with E-state index >= 15 is 0 Å². The molecule has 5 nitrogen and oxygen atoms in total. The Morgan fingerprint density at radius 2 is 2.24 bits per heavy atom. The Labute approximate surface area is 103 Å². The van der Waals surface area contributed by atoms with Crippen LogP contribution in [0.3, 0.4) is 0 Å². The van der Waals surface area contributed by atoms with E-state index in [1.54, 1.807) is 0 Å². The molecule has 1 saturated heterocycles. The van der Waals surface area contributed by atoms with Gasteiger partial charge in [-0.05, 0) is 13.0 Å².